The number of carbonyl (C=O) groups is 2. The van der Waals surface area contributed by atoms with Gasteiger partial charge in [-0.25, -0.2) is 14.7 Å². The molecule has 1 N–H and O–H groups in total. The Labute approximate surface area is 157 Å². The Morgan fingerprint density at radius 1 is 1.26 bits per heavy atom. The van der Waals surface area contributed by atoms with Crippen LogP contribution in [0.1, 0.15) is 30.1 Å². The molecule has 1 saturated heterocycles. The SMILES string of the molecule is C[C@@H]1C[C@@H](OC(=O)N2c3ccccc3C(=O)Nc3cccnc32)CCN1C. The van der Waals surface area contributed by atoms with Gasteiger partial charge in [-0.3, -0.25) is 4.79 Å². The van der Waals surface area contributed by atoms with Gasteiger partial charge < -0.3 is 15.0 Å². The minimum absolute atomic E-state index is 0.157. The van der Waals surface area contributed by atoms with Crippen LogP contribution >= 0.6 is 0 Å². The van der Waals surface area contributed by atoms with E-state index in [0.29, 0.717) is 28.8 Å². The largest absolute Gasteiger partial charge is 0.445 e. The van der Waals surface area contributed by atoms with E-state index in [9.17, 15) is 9.59 Å². The fourth-order valence-electron chi connectivity index (χ4n) is 3.57. The molecule has 27 heavy (non-hydrogen) atoms. The maximum Gasteiger partial charge on any atom is 0.420 e. The quantitative estimate of drug-likeness (QED) is 0.837. The number of benzene rings is 1. The van der Waals surface area contributed by atoms with Crippen LogP contribution in [0.25, 0.3) is 0 Å². The number of aromatic nitrogens is 1. The molecular weight excluding hydrogens is 344 g/mol. The summed E-state index contributed by atoms with van der Waals surface area (Å²) in [4.78, 5) is 33.7. The van der Waals surface area contributed by atoms with Crippen molar-refractivity contribution in [2.45, 2.75) is 31.9 Å². The molecule has 1 aromatic carbocycles. The molecule has 0 spiro atoms. The number of nitrogens with zero attached hydrogens (tertiary/aromatic N) is 3. The zero-order valence-corrected chi connectivity index (χ0v) is 15.4. The normalized spacial score (nSPS) is 22.3. The summed E-state index contributed by atoms with van der Waals surface area (Å²) in [5.41, 5.74) is 1.36. The maximum absolute atomic E-state index is 13.2. The van der Waals surface area contributed by atoms with Gasteiger partial charge in [0.1, 0.15) is 6.10 Å². The topological polar surface area (TPSA) is 74.8 Å². The van der Waals surface area contributed by atoms with Crippen LogP contribution in [0.2, 0.25) is 0 Å². The lowest BCUT2D eigenvalue weighted by molar-refractivity contribution is 0.0416. The van der Waals surface area contributed by atoms with E-state index in [1.165, 1.54) is 4.90 Å². The highest BCUT2D eigenvalue weighted by atomic mass is 16.6. The number of piperidine rings is 1. The highest BCUT2D eigenvalue weighted by Crippen LogP contribution is 2.37. The monoisotopic (exact) mass is 366 g/mol. The third kappa shape index (κ3) is 3.26. The predicted molar refractivity (Wildman–Crippen MR) is 102 cm³/mol. The smallest absolute Gasteiger partial charge is 0.420 e. The molecule has 2 amide bonds. The van der Waals surface area contributed by atoms with Crippen molar-refractivity contribution in [3.05, 3.63) is 48.2 Å². The lowest BCUT2D eigenvalue weighted by Gasteiger charge is -2.35. The van der Waals surface area contributed by atoms with Gasteiger partial charge in [0, 0.05) is 18.8 Å². The van der Waals surface area contributed by atoms with E-state index < -0.39 is 6.09 Å². The van der Waals surface area contributed by atoms with Crippen molar-refractivity contribution in [2.75, 3.05) is 23.8 Å². The second-order valence-electron chi connectivity index (χ2n) is 7.04. The molecule has 0 bridgehead atoms. The van der Waals surface area contributed by atoms with Gasteiger partial charge in [0.25, 0.3) is 5.91 Å². The zero-order valence-electron chi connectivity index (χ0n) is 15.4. The van der Waals surface area contributed by atoms with Crippen LogP contribution in [0.15, 0.2) is 42.6 Å². The lowest BCUT2D eigenvalue weighted by atomic mass is 10.0. The molecule has 2 atom stereocenters. The Balaban J connectivity index is 1.70. The van der Waals surface area contributed by atoms with Crippen LogP contribution in [0.5, 0.6) is 0 Å². The highest BCUT2D eigenvalue weighted by Gasteiger charge is 2.34. The molecule has 0 radical (unpaired) electrons. The van der Waals surface area contributed by atoms with E-state index in [4.69, 9.17) is 4.74 Å². The van der Waals surface area contributed by atoms with E-state index in [1.807, 2.05) is 0 Å². The van der Waals surface area contributed by atoms with Crippen LogP contribution in [0, 0.1) is 0 Å². The van der Waals surface area contributed by atoms with Gasteiger partial charge in [0.05, 0.1) is 16.9 Å². The summed E-state index contributed by atoms with van der Waals surface area (Å²) in [5.74, 6) is 0.0878. The van der Waals surface area contributed by atoms with Crippen molar-refractivity contribution < 1.29 is 14.3 Å². The van der Waals surface area contributed by atoms with E-state index in [-0.39, 0.29) is 12.0 Å². The Bertz CT molecular complexity index is 885. The summed E-state index contributed by atoms with van der Waals surface area (Å²) in [6, 6.07) is 10.8. The number of likely N-dealkylation sites (tertiary alicyclic amines) is 1. The summed E-state index contributed by atoms with van der Waals surface area (Å²) in [6.07, 6.45) is 2.49. The summed E-state index contributed by atoms with van der Waals surface area (Å²) in [5, 5.41) is 2.82. The van der Waals surface area contributed by atoms with Crippen molar-refractivity contribution >= 4 is 29.2 Å². The molecule has 2 aromatic rings. The second-order valence-corrected chi connectivity index (χ2v) is 7.04. The molecule has 0 saturated carbocycles. The predicted octanol–water partition coefficient (Wildman–Crippen LogP) is 3.40. The van der Waals surface area contributed by atoms with E-state index in [2.05, 4.69) is 29.2 Å². The molecular formula is C20H22N4O3. The van der Waals surface area contributed by atoms with Gasteiger partial charge in [-0.05, 0) is 51.1 Å². The lowest BCUT2D eigenvalue weighted by Crippen LogP contribution is -2.43. The number of fused-ring (bicyclic) bond motifs is 2. The van der Waals surface area contributed by atoms with Gasteiger partial charge in [-0.2, -0.15) is 0 Å². The third-order valence-electron chi connectivity index (χ3n) is 5.25. The van der Waals surface area contributed by atoms with E-state index >= 15 is 0 Å². The van der Waals surface area contributed by atoms with Crippen LogP contribution in [0.3, 0.4) is 0 Å². The molecule has 0 aliphatic carbocycles. The van der Waals surface area contributed by atoms with Gasteiger partial charge in [-0.15, -0.1) is 0 Å². The van der Waals surface area contributed by atoms with Crippen molar-refractivity contribution in [3.63, 3.8) is 0 Å². The van der Waals surface area contributed by atoms with Crippen LogP contribution in [-0.4, -0.2) is 47.6 Å². The van der Waals surface area contributed by atoms with Gasteiger partial charge in [-0.1, -0.05) is 12.1 Å². The number of carbonyl (C=O) groups excluding carboxylic acids is 2. The molecule has 2 aliphatic rings. The van der Waals surface area contributed by atoms with Crippen LogP contribution in [0.4, 0.5) is 22.0 Å². The number of para-hydroxylation sites is 1. The van der Waals surface area contributed by atoms with Crippen LogP contribution < -0.4 is 10.2 Å². The Hall–Kier alpha value is -2.93. The summed E-state index contributed by atoms with van der Waals surface area (Å²) >= 11 is 0. The Morgan fingerprint density at radius 3 is 2.89 bits per heavy atom. The molecule has 140 valence electrons. The first-order valence-corrected chi connectivity index (χ1v) is 9.11. The minimum atomic E-state index is -0.513. The van der Waals surface area contributed by atoms with Crippen molar-refractivity contribution in [2.24, 2.45) is 0 Å². The average molecular weight is 366 g/mol. The number of hydrogen-bond acceptors (Lipinski definition) is 5. The molecule has 4 rings (SSSR count). The molecule has 2 aliphatic heterocycles. The minimum Gasteiger partial charge on any atom is -0.445 e. The number of nitrogens with one attached hydrogen (secondary N) is 1. The number of amides is 2. The zero-order chi connectivity index (χ0) is 19.0. The molecule has 1 fully saturated rings. The summed E-state index contributed by atoms with van der Waals surface area (Å²) in [6.45, 7) is 3.01. The molecule has 3 heterocycles. The number of ether oxygens (including phenoxy) is 1. The van der Waals surface area contributed by atoms with Gasteiger partial charge in [0.2, 0.25) is 0 Å². The van der Waals surface area contributed by atoms with Crippen molar-refractivity contribution in [1.29, 1.82) is 0 Å². The summed E-state index contributed by atoms with van der Waals surface area (Å²) < 4.78 is 5.84. The molecule has 7 nitrogen and oxygen atoms in total. The Morgan fingerprint density at radius 2 is 2.07 bits per heavy atom. The third-order valence-corrected chi connectivity index (χ3v) is 5.25. The fraction of sp³-hybridized carbons (Fsp3) is 0.350. The van der Waals surface area contributed by atoms with Crippen molar-refractivity contribution in [3.8, 4) is 0 Å². The molecule has 1 aromatic heterocycles. The van der Waals surface area contributed by atoms with Gasteiger partial charge >= 0.3 is 6.09 Å². The second kappa shape index (κ2) is 7.00. The first-order valence-electron chi connectivity index (χ1n) is 9.11. The summed E-state index contributed by atoms with van der Waals surface area (Å²) in [7, 11) is 2.07. The van der Waals surface area contributed by atoms with E-state index in [0.717, 1.165) is 19.4 Å². The number of pyridine rings is 1. The van der Waals surface area contributed by atoms with Crippen molar-refractivity contribution in [1.82, 2.24) is 9.88 Å². The molecule has 0 unspecified atom stereocenters. The average Bonchev–Trinajstić information content (AvgIpc) is 2.79. The maximum atomic E-state index is 13.2. The van der Waals surface area contributed by atoms with Gasteiger partial charge in [0.15, 0.2) is 5.82 Å². The highest BCUT2D eigenvalue weighted by molar-refractivity contribution is 6.16. The fourth-order valence-corrected chi connectivity index (χ4v) is 3.57. The van der Waals surface area contributed by atoms with E-state index in [1.54, 1.807) is 42.6 Å². The number of hydrogen-bond donors (Lipinski definition) is 1. The number of anilines is 3. The standard InChI is InChI=1S/C20H22N4O3/c1-13-12-14(9-11-23(13)2)27-20(26)24-17-8-4-3-6-15(17)19(25)22-16-7-5-10-21-18(16)24/h3-8,10,13-14H,9,11-12H2,1-2H3,(H,22,25)/t13-,14+/m1/s1. The van der Waals surface area contributed by atoms with Crippen LogP contribution in [-0.2, 0) is 4.74 Å². The molecule has 7 heteroatoms. The first-order chi connectivity index (χ1) is 13.0. The first kappa shape index (κ1) is 17.5. The Kier molecular flexibility index (Phi) is 4.53. The number of rotatable bonds is 1.